The molecule has 184 valence electrons. The molecule has 4 rings (SSSR count). The number of amidine groups is 1. The Balaban J connectivity index is 1.46. The number of hydrogen-bond donors (Lipinski definition) is 2. The molecule has 0 saturated carbocycles. The van der Waals surface area contributed by atoms with Crippen LogP contribution in [0.25, 0.3) is 6.08 Å². The van der Waals surface area contributed by atoms with Crippen molar-refractivity contribution in [3.8, 4) is 17.2 Å². The van der Waals surface area contributed by atoms with Crippen molar-refractivity contribution in [1.82, 2.24) is 5.32 Å². The third-order valence-electron chi connectivity index (χ3n) is 4.94. The van der Waals surface area contributed by atoms with Crippen LogP contribution in [0.15, 0.2) is 81.1 Å². The van der Waals surface area contributed by atoms with E-state index < -0.39 is 0 Å². The first-order valence-corrected chi connectivity index (χ1v) is 12.3. The van der Waals surface area contributed by atoms with Gasteiger partial charge in [0.05, 0.1) is 24.8 Å². The Morgan fingerprint density at radius 2 is 1.81 bits per heavy atom. The predicted octanol–water partition coefficient (Wildman–Crippen LogP) is 5.38. The van der Waals surface area contributed by atoms with E-state index in [1.807, 2.05) is 18.2 Å². The Kier molecular flexibility index (Phi) is 8.29. The van der Waals surface area contributed by atoms with E-state index in [9.17, 15) is 9.59 Å². The molecule has 10 heteroatoms. The Labute approximate surface area is 220 Å². The molecule has 0 aromatic heterocycles. The molecule has 0 unspecified atom stereocenters. The average Bonchev–Trinajstić information content (AvgIpc) is 3.23. The van der Waals surface area contributed by atoms with Crippen LogP contribution in [0.2, 0.25) is 0 Å². The Morgan fingerprint density at radius 1 is 1.06 bits per heavy atom. The number of carbonyl (C=O) groups excluding carboxylic acids is 2. The van der Waals surface area contributed by atoms with Gasteiger partial charge >= 0.3 is 0 Å². The summed E-state index contributed by atoms with van der Waals surface area (Å²) in [6.45, 7) is -0.193. The van der Waals surface area contributed by atoms with Gasteiger partial charge in [0, 0.05) is 10.2 Å². The van der Waals surface area contributed by atoms with Gasteiger partial charge in [-0.05, 0) is 71.9 Å². The summed E-state index contributed by atoms with van der Waals surface area (Å²) < 4.78 is 17.0. The van der Waals surface area contributed by atoms with Crippen LogP contribution in [0.4, 0.5) is 11.4 Å². The number of hydrogen-bond acceptors (Lipinski definition) is 7. The molecular weight excluding hydrogens is 546 g/mol. The average molecular weight is 568 g/mol. The quantitative estimate of drug-likeness (QED) is 0.355. The van der Waals surface area contributed by atoms with E-state index in [0.29, 0.717) is 43.0 Å². The van der Waals surface area contributed by atoms with Gasteiger partial charge < -0.3 is 24.8 Å². The van der Waals surface area contributed by atoms with Gasteiger partial charge in [0.25, 0.3) is 11.8 Å². The molecule has 3 aromatic carbocycles. The largest absolute Gasteiger partial charge is 0.497 e. The normalized spacial score (nSPS) is 15.0. The molecule has 2 N–H and O–H groups in total. The standard InChI is InChI=1S/C26H22BrN3O5S/c1-33-19-10-8-18(9-11-19)29-26-30-25(32)23(36-26)13-16-12-21(34-2)22(14-20(16)27)35-15-24(31)28-17-6-4-3-5-7-17/h3-14H,15H2,1-2H3,(H,28,31)(H,29,30,32)/b23-13+. The summed E-state index contributed by atoms with van der Waals surface area (Å²) in [5.74, 6) is 0.989. The summed E-state index contributed by atoms with van der Waals surface area (Å²) in [6.07, 6.45) is 1.73. The zero-order valence-electron chi connectivity index (χ0n) is 19.4. The maximum atomic E-state index is 12.5. The van der Waals surface area contributed by atoms with Gasteiger partial charge in [-0.2, -0.15) is 0 Å². The number of carbonyl (C=O) groups is 2. The van der Waals surface area contributed by atoms with Gasteiger partial charge in [-0.3, -0.25) is 9.59 Å². The number of anilines is 1. The van der Waals surface area contributed by atoms with Gasteiger partial charge in [0.15, 0.2) is 23.3 Å². The maximum Gasteiger partial charge on any atom is 0.264 e. The summed E-state index contributed by atoms with van der Waals surface area (Å²) in [4.78, 5) is 29.7. The van der Waals surface area contributed by atoms with E-state index in [0.717, 1.165) is 5.75 Å². The number of rotatable bonds is 8. The van der Waals surface area contributed by atoms with Gasteiger partial charge in [0.1, 0.15) is 5.75 Å². The summed E-state index contributed by atoms with van der Waals surface area (Å²) in [5.41, 5.74) is 2.08. The molecule has 1 fully saturated rings. The molecule has 1 heterocycles. The van der Waals surface area contributed by atoms with Crippen LogP contribution >= 0.6 is 27.7 Å². The van der Waals surface area contributed by atoms with Crippen LogP contribution in [0.3, 0.4) is 0 Å². The summed E-state index contributed by atoms with van der Waals surface area (Å²) >= 11 is 4.75. The third kappa shape index (κ3) is 6.46. The first-order valence-electron chi connectivity index (χ1n) is 10.7. The molecule has 8 nitrogen and oxygen atoms in total. The molecule has 0 atom stereocenters. The van der Waals surface area contributed by atoms with Crippen molar-refractivity contribution < 1.29 is 23.8 Å². The zero-order chi connectivity index (χ0) is 25.5. The molecule has 1 aliphatic heterocycles. The molecule has 1 saturated heterocycles. The number of amides is 2. The topological polar surface area (TPSA) is 98.2 Å². The van der Waals surface area contributed by atoms with Crippen molar-refractivity contribution in [2.45, 2.75) is 0 Å². The van der Waals surface area contributed by atoms with E-state index in [-0.39, 0.29) is 18.4 Å². The number of aliphatic imine (C=N–C) groups is 1. The lowest BCUT2D eigenvalue weighted by atomic mass is 10.2. The molecule has 0 spiro atoms. The zero-order valence-corrected chi connectivity index (χ0v) is 21.8. The van der Waals surface area contributed by atoms with Crippen molar-refractivity contribution in [2.75, 3.05) is 26.1 Å². The number of benzene rings is 3. The molecule has 2 amide bonds. The van der Waals surface area contributed by atoms with E-state index >= 15 is 0 Å². The van der Waals surface area contributed by atoms with Crippen LogP contribution < -0.4 is 24.8 Å². The lowest BCUT2D eigenvalue weighted by Gasteiger charge is -2.13. The van der Waals surface area contributed by atoms with Crippen LogP contribution in [-0.4, -0.2) is 37.8 Å². The highest BCUT2D eigenvalue weighted by Crippen LogP contribution is 2.37. The van der Waals surface area contributed by atoms with Crippen molar-refractivity contribution in [3.63, 3.8) is 0 Å². The Morgan fingerprint density at radius 3 is 2.50 bits per heavy atom. The second kappa shape index (κ2) is 11.8. The number of nitrogens with zero attached hydrogens (tertiary/aromatic N) is 1. The SMILES string of the molecule is COc1ccc(N=C2NC(=O)/C(=C\c3cc(OC)c(OCC(=O)Nc4ccccc4)cc3Br)S2)cc1. The first-order chi connectivity index (χ1) is 17.4. The van der Waals surface area contributed by atoms with Crippen LogP contribution in [0.1, 0.15) is 5.56 Å². The fourth-order valence-corrected chi connectivity index (χ4v) is 4.46. The highest BCUT2D eigenvalue weighted by Gasteiger charge is 2.24. The van der Waals surface area contributed by atoms with Gasteiger partial charge in [-0.15, -0.1) is 0 Å². The second-order valence-electron chi connectivity index (χ2n) is 7.41. The van der Waals surface area contributed by atoms with Crippen molar-refractivity contribution >= 4 is 62.1 Å². The van der Waals surface area contributed by atoms with Crippen molar-refractivity contribution in [1.29, 1.82) is 0 Å². The van der Waals surface area contributed by atoms with E-state index in [1.165, 1.54) is 18.9 Å². The maximum absolute atomic E-state index is 12.5. The van der Waals surface area contributed by atoms with Crippen molar-refractivity contribution in [3.05, 3.63) is 81.7 Å². The molecule has 1 aliphatic rings. The molecular formula is C26H22BrN3O5S. The highest BCUT2D eigenvalue weighted by molar-refractivity contribution is 9.10. The number of methoxy groups -OCH3 is 2. The number of nitrogens with one attached hydrogen (secondary N) is 2. The second-order valence-corrected chi connectivity index (χ2v) is 9.29. The minimum absolute atomic E-state index is 0.193. The smallest absolute Gasteiger partial charge is 0.264 e. The Hall–Kier alpha value is -3.76. The molecule has 0 bridgehead atoms. The Bertz CT molecular complexity index is 1330. The first kappa shape index (κ1) is 25.3. The predicted molar refractivity (Wildman–Crippen MR) is 145 cm³/mol. The highest BCUT2D eigenvalue weighted by atomic mass is 79.9. The monoisotopic (exact) mass is 567 g/mol. The van der Waals surface area contributed by atoms with E-state index in [2.05, 4.69) is 31.6 Å². The third-order valence-corrected chi connectivity index (χ3v) is 6.54. The molecule has 36 heavy (non-hydrogen) atoms. The van der Waals surface area contributed by atoms with Gasteiger partial charge in [-0.1, -0.05) is 34.1 Å². The minimum atomic E-state index is -0.298. The van der Waals surface area contributed by atoms with Crippen LogP contribution in [0.5, 0.6) is 17.2 Å². The van der Waals surface area contributed by atoms with Crippen LogP contribution in [0, 0.1) is 0 Å². The van der Waals surface area contributed by atoms with Crippen LogP contribution in [-0.2, 0) is 9.59 Å². The number of thioether (sulfide) groups is 1. The van der Waals surface area contributed by atoms with Crippen molar-refractivity contribution in [2.24, 2.45) is 4.99 Å². The summed E-state index contributed by atoms with van der Waals surface area (Å²) in [7, 11) is 3.10. The fraction of sp³-hybridized carbons (Fsp3) is 0.115. The number of para-hydroxylation sites is 1. The van der Waals surface area contributed by atoms with E-state index in [1.54, 1.807) is 61.7 Å². The summed E-state index contributed by atoms with van der Waals surface area (Å²) in [5, 5.41) is 6.01. The molecule has 0 aliphatic carbocycles. The van der Waals surface area contributed by atoms with E-state index in [4.69, 9.17) is 14.2 Å². The number of halogens is 1. The molecule has 0 radical (unpaired) electrons. The van der Waals surface area contributed by atoms with Gasteiger partial charge in [-0.25, -0.2) is 4.99 Å². The molecule has 3 aromatic rings. The minimum Gasteiger partial charge on any atom is -0.497 e. The summed E-state index contributed by atoms with van der Waals surface area (Å²) in [6, 6.07) is 19.8. The number of ether oxygens (including phenoxy) is 3. The lowest BCUT2D eigenvalue weighted by Crippen LogP contribution is -2.20. The fourth-order valence-electron chi connectivity index (χ4n) is 3.19. The van der Waals surface area contributed by atoms with Gasteiger partial charge in [0.2, 0.25) is 0 Å². The lowest BCUT2D eigenvalue weighted by molar-refractivity contribution is -0.118.